The first-order valence-electron chi connectivity index (χ1n) is 7.66. The first-order chi connectivity index (χ1) is 11.6. The lowest BCUT2D eigenvalue weighted by molar-refractivity contribution is 0.278. The number of hydrogen-bond acceptors (Lipinski definition) is 3. The Hall–Kier alpha value is -2.66. The minimum Gasteiger partial charge on any atom is -0.402 e. The molecule has 0 heterocycles. The maximum Gasteiger partial charge on any atom is 0.631 e. The summed E-state index contributed by atoms with van der Waals surface area (Å²) in [6.07, 6.45) is 0. The van der Waals surface area contributed by atoms with Crippen LogP contribution >= 0.6 is 0 Å². The van der Waals surface area contributed by atoms with Gasteiger partial charge in [-0.2, -0.15) is 0 Å². The fraction of sp³-hybridized carbons (Fsp3) is 0. The molecule has 0 bridgehead atoms. The van der Waals surface area contributed by atoms with Crippen molar-refractivity contribution in [2.75, 3.05) is 0 Å². The zero-order valence-corrected chi connectivity index (χ0v) is 13.0. The van der Waals surface area contributed by atoms with Crippen LogP contribution in [0.15, 0.2) is 84.9 Å². The summed E-state index contributed by atoms with van der Waals surface area (Å²) in [6.45, 7) is 0. The molecule has 0 unspecified atom stereocenters. The lowest BCUT2D eigenvalue weighted by Crippen LogP contribution is -2.07. The number of fused-ring (bicyclic) bond motifs is 2. The predicted molar refractivity (Wildman–Crippen MR) is 99.3 cm³/mol. The van der Waals surface area contributed by atoms with Gasteiger partial charge in [0.1, 0.15) is 0 Å². The lowest BCUT2D eigenvalue weighted by Gasteiger charge is -2.08. The van der Waals surface area contributed by atoms with Crippen LogP contribution in [0.25, 0.3) is 32.7 Å². The predicted octanol–water partition coefficient (Wildman–Crippen LogP) is 3.61. The minimum atomic E-state index is -2.17. The maximum absolute atomic E-state index is 7.17. The Morgan fingerprint density at radius 3 is 1.75 bits per heavy atom. The van der Waals surface area contributed by atoms with E-state index in [9.17, 15) is 0 Å². The Labute approximate surface area is 140 Å². The molecule has 0 aliphatic rings. The molecule has 3 nitrogen and oxygen atoms in total. The molecule has 0 saturated carbocycles. The van der Waals surface area contributed by atoms with E-state index in [4.69, 9.17) is 15.1 Å². The van der Waals surface area contributed by atoms with E-state index in [0.717, 1.165) is 0 Å². The molecule has 24 heavy (non-hydrogen) atoms. The maximum atomic E-state index is 7.17. The second-order valence-corrected chi connectivity index (χ2v) is 5.44. The Morgan fingerprint density at radius 2 is 1.08 bits per heavy atom. The van der Waals surface area contributed by atoms with Crippen molar-refractivity contribution < 1.29 is 15.1 Å². The molecule has 118 valence electrons. The van der Waals surface area contributed by atoms with Crippen molar-refractivity contribution >= 4 is 28.9 Å². The molecule has 0 atom stereocenters. The van der Waals surface area contributed by atoms with Gasteiger partial charge in [-0.1, -0.05) is 72.8 Å². The molecule has 4 aromatic carbocycles. The molecule has 0 spiro atoms. The van der Waals surface area contributed by atoms with E-state index in [1.807, 2.05) is 0 Å². The molecule has 0 aliphatic carbocycles. The Bertz CT molecular complexity index is 950. The van der Waals surface area contributed by atoms with Gasteiger partial charge in [-0.25, -0.2) is 0 Å². The molecule has 4 heteroatoms. The average Bonchev–Trinajstić information content (AvgIpc) is 2.60. The largest absolute Gasteiger partial charge is 0.631 e. The fourth-order valence-electron chi connectivity index (χ4n) is 2.84. The van der Waals surface area contributed by atoms with Crippen LogP contribution in [0.2, 0.25) is 0 Å². The van der Waals surface area contributed by atoms with Crippen molar-refractivity contribution in [3.8, 4) is 11.1 Å². The molecule has 0 radical (unpaired) electrons. The minimum absolute atomic E-state index is 1.27. The Balaban J connectivity index is 0.000000383. The van der Waals surface area contributed by atoms with Gasteiger partial charge in [0, 0.05) is 0 Å². The van der Waals surface area contributed by atoms with E-state index in [2.05, 4.69) is 84.9 Å². The number of benzene rings is 4. The van der Waals surface area contributed by atoms with Crippen LogP contribution in [-0.2, 0) is 0 Å². The summed E-state index contributed by atoms with van der Waals surface area (Å²) in [5.41, 5.74) is 2.57. The van der Waals surface area contributed by atoms with E-state index in [1.54, 1.807) is 0 Å². The highest BCUT2D eigenvalue weighted by atomic mass is 16.5. The van der Waals surface area contributed by atoms with Gasteiger partial charge < -0.3 is 15.1 Å². The summed E-state index contributed by atoms with van der Waals surface area (Å²) in [7, 11) is -2.17. The summed E-state index contributed by atoms with van der Waals surface area (Å²) < 4.78 is 0. The molecular weight excluding hydrogens is 299 g/mol. The first kappa shape index (κ1) is 16.2. The molecular formula is C20H17BO3. The van der Waals surface area contributed by atoms with Crippen LogP contribution in [0.5, 0.6) is 0 Å². The van der Waals surface area contributed by atoms with Crippen molar-refractivity contribution in [2.24, 2.45) is 0 Å². The van der Waals surface area contributed by atoms with Crippen LogP contribution in [0.3, 0.4) is 0 Å². The van der Waals surface area contributed by atoms with Gasteiger partial charge in [-0.3, -0.25) is 0 Å². The van der Waals surface area contributed by atoms with Crippen LogP contribution in [-0.4, -0.2) is 22.4 Å². The normalized spacial score (nSPS) is 10.3. The summed E-state index contributed by atoms with van der Waals surface area (Å²) >= 11 is 0. The number of rotatable bonds is 1. The van der Waals surface area contributed by atoms with Gasteiger partial charge in [0.05, 0.1) is 0 Å². The summed E-state index contributed by atoms with van der Waals surface area (Å²) in [5.74, 6) is 0. The molecule has 0 aliphatic heterocycles. The van der Waals surface area contributed by atoms with E-state index >= 15 is 0 Å². The zero-order valence-electron chi connectivity index (χ0n) is 13.0. The fourth-order valence-corrected chi connectivity index (χ4v) is 2.84. The van der Waals surface area contributed by atoms with Crippen LogP contribution < -0.4 is 0 Å². The standard InChI is InChI=1S/C20H14.BH3O3/c1-2-7-15(8-3-1)19-12-6-11-18-13-16-9-4-5-10-17(16)14-20(18)19;2-1(3)4/h1-14H;2-4H. The third kappa shape index (κ3) is 3.63. The van der Waals surface area contributed by atoms with Gasteiger partial charge in [-0.05, 0) is 44.8 Å². The number of hydrogen-bond donors (Lipinski definition) is 3. The van der Waals surface area contributed by atoms with Gasteiger partial charge in [-0.15, -0.1) is 0 Å². The molecule has 4 rings (SSSR count). The van der Waals surface area contributed by atoms with Crippen LogP contribution in [0, 0.1) is 0 Å². The smallest absolute Gasteiger partial charge is 0.402 e. The molecule has 0 saturated heterocycles. The van der Waals surface area contributed by atoms with Gasteiger partial charge in [0.15, 0.2) is 0 Å². The molecule has 0 amide bonds. The third-order valence-corrected chi connectivity index (χ3v) is 3.83. The summed E-state index contributed by atoms with van der Waals surface area (Å²) in [4.78, 5) is 0. The zero-order chi connectivity index (χ0) is 16.9. The monoisotopic (exact) mass is 316 g/mol. The van der Waals surface area contributed by atoms with E-state index in [1.165, 1.54) is 32.7 Å². The summed E-state index contributed by atoms with van der Waals surface area (Å²) in [6, 6.07) is 30.2. The highest BCUT2D eigenvalue weighted by Crippen LogP contribution is 2.31. The van der Waals surface area contributed by atoms with Crippen molar-refractivity contribution in [3.63, 3.8) is 0 Å². The highest BCUT2D eigenvalue weighted by Gasteiger charge is 2.04. The highest BCUT2D eigenvalue weighted by molar-refractivity contribution is 6.30. The third-order valence-electron chi connectivity index (χ3n) is 3.83. The van der Waals surface area contributed by atoms with Crippen molar-refractivity contribution in [2.45, 2.75) is 0 Å². The van der Waals surface area contributed by atoms with Gasteiger partial charge >= 0.3 is 7.32 Å². The van der Waals surface area contributed by atoms with Crippen molar-refractivity contribution in [1.82, 2.24) is 0 Å². The average molecular weight is 316 g/mol. The molecule has 0 aromatic heterocycles. The molecule has 4 aromatic rings. The van der Waals surface area contributed by atoms with Crippen LogP contribution in [0.1, 0.15) is 0 Å². The van der Waals surface area contributed by atoms with Crippen molar-refractivity contribution in [1.29, 1.82) is 0 Å². The van der Waals surface area contributed by atoms with Gasteiger partial charge in [0.2, 0.25) is 0 Å². The second kappa shape index (κ2) is 7.28. The second-order valence-electron chi connectivity index (χ2n) is 5.44. The van der Waals surface area contributed by atoms with Crippen molar-refractivity contribution in [3.05, 3.63) is 84.9 Å². The van der Waals surface area contributed by atoms with E-state index < -0.39 is 7.32 Å². The topological polar surface area (TPSA) is 60.7 Å². The van der Waals surface area contributed by atoms with E-state index in [0.29, 0.717) is 0 Å². The quantitative estimate of drug-likeness (QED) is 0.371. The first-order valence-corrected chi connectivity index (χ1v) is 7.66. The van der Waals surface area contributed by atoms with E-state index in [-0.39, 0.29) is 0 Å². The Morgan fingerprint density at radius 1 is 0.542 bits per heavy atom. The summed E-state index contributed by atoms with van der Waals surface area (Å²) in [5, 5.41) is 26.7. The van der Waals surface area contributed by atoms with Crippen LogP contribution in [0.4, 0.5) is 0 Å². The molecule has 3 N–H and O–H groups in total. The Kier molecular flexibility index (Phi) is 4.92. The molecule has 0 fully saturated rings. The lowest BCUT2D eigenvalue weighted by atomic mass is 9.96. The SMILES string of the molecule is OB(O)O.c1ccc(-c2cccc3cc4ccccc4cc23)cc1. The van der Waals surface area contributed by atoms with Gasteiger partial charge in [0.25, 0.3) is 0 Å².